The van der Waals surface area contributed by atoms with Gasteiger partial charge in [-0.2, -0.15) is 0 Å². The Morgan fingerprint density at radius 3 is 2.28 bits per heavy atom. The Kier molecular flexibility index (Phi) is 9.47. The quantitative estimate of drug-likeness (QED) is 0.411. The van der Waals surface area contributed by atoms with Crippen LogP contribution >= 0.6 is 0 Å². The summed E-state index contributed by atoms with van der Waals surface area (Å²) >= 11 is 0. The van der Waals surface area contributed by atoms with E-state index in [1.165, 1.54) is 14.2 Å². The largest absolute Gasteiger partial charge is 0.497 e. The van der Waals surface area contributed by atoms with Crippen LogP contribution in [0.25, 0.3) is 0 Å². The van der Waals surface area contributed by atoms with E-state index in [2.05, 4.69) is 5.32 Å². The zero-order valence-electron chi connectivity index (χ0n) is 21.7. The van der Waals surface area contributed by atoms with Gasteiger partial charge >= 0.3 is 11.9 Å². The van der Waals surface area contributed by atoms with Crippen molar-refractivity contribution in [2.75, 3.05) is 39.2 Å². The normalized spacial score (nSPS) is 15.8. The molecule has 0 radical (unpaired) electrons. The van der Waals surface area contributed by atoms with Gasteiger partial charge in [0.05, 0.1) is 38.6 Å². The van der Waals surface area contributed by atoms with Crippen LogP contribution in [0.4, 0.5) is 5.69 Å². The fourth-order valence-electron chi connectivity index (χ4n) is 4.83. The summed E-state index contributed by atoms with van der Waals surface area (Å²) < 4.78 is 16.1. The third kappa shape index (κ3) is 6.63. The molecule has 1 aliphatic heterocycles. The maximum Gasteiger partial charge on any atom is 0.362 e. The number of hydrogen-bond acceptors (Lipinski definition) is 6. The summed E-state index contributed by atoms with van der Waals surface area (Å²) in [5.74, 6) is -0.651. The Morgan fingerprint density at radius 2 is 1.67 bits per heavy atom. The maximum atomic E-state index is 13.6. The Balaban J connectivity index is 1.82. The number of aryl methyl sites for hydroxylation is 1. The second-order valence-electron chi connectivity index (χ2n) is 9.41. The molecule has 8 heteroatoms. The highest BCUT2D eigenvalue weighted by Crippen LogP contribution is 2.29. The van der Waals surface area contributed by atoms with Gasteiger partial charge in [-0.05, 0) is 62.8 Å². The molecule has 1 amide bonds. The standard InChI is InChI=1S/C28H36N2O6/c1-20-16-23(34-3)17-24(28(33)35-4)26(20)29-27(32)21(2)30(14-10-5-6-11-15-30)18-25(31)36-19-22-12-8-7-9-13-22/h7-9,12-13,16-17,21H,5-6,10-11,14-15,18-19H2,1-4H3/p+1. The number of anilines is 1. The topological polar surface area (TPSA) is 90.9 Å². The van der Waals surface area contributed by atoms with Crippen molar-refractivity contribution in [1.82, 2.24) is 0 Å². The third-order valence-corrected chi connectivity index (χ3v) is 7.04. The predicted molar refractivity (Wildman–Crippen MR) is 137 cm³/mol. The van der Waals surface area contributed by atoms with Crippen molar-refractivity contribution in [3.8, 4) is 5.75 Å². The fourth-order valence-corrected chi connectivity index (χ4v) is 4.83. The number of hydrogen-bond donors (Lipinski definition) is 1. The molecule has 3 rings (SSSR count). The lowest BCUT2D eigenvalue weighted by molar-refractivity contribution is -0.933. The van der Waals surface area contributed by atoms with E-state index in [4.69, 9.17) is 14.2 Å². The molecule has 0 aromatic heterocycles. The molecule has 8 nitrogen and oxygen atoms in total. The Labute approximate surface area is 213 Å². The van der Waals surface area contributed by atoms with Crippen LogP contribution in [0.15, 0.2) is 42.5 Å². The van der Waals surface area contributed by atoms with Crippen LogP contribution in [0.1, 0.15) is 54.1 Å². The second-order valence-corrected chi connectivity index (χ2v) is 9.41. The van der Waals surface area contributed by atoms with Crippen LogP contribution in [0, 0.1) is 6.92 Å². The van der Waals surface area contributed by atoms with Gasteiger partial charge in [0.1, 0.15) is 12.4 Å². The highest BCUT2D eigenvalue weighted by atomic mass is 16.5. The highest BCUT2D eigenvalue weighted by Gasteiger charge is 2.41. The molecule has 194 valence electrons. The van der Waals surface area contributed by atoms with Crippen molar-refractivity contribution in [1.29, 1.82) is 0 Å². The van der Waals surface area contributed by atoms with Gasteiger partial charge in [-0.25, -0.2) is 9.59 Å². The Morgan fingerprint density at radius 1 is 1.00 bits per heavy atom. The van der Waals surface area contributed by atoms with Gasteiger partial charge in [-0.1, -0.05) is 30.3 Å². The average molecular weight is 498 g/mol. The smallest absolute Gasteiger partial charge is 0.362 e. The zero-order valence-corrected chi connectivity index (χ0v) is 21.7. The van der Waals surface area contributed by atoms with Crippen molar-refractivity contribution >= 4 is 23.5 Å². The molecule has 36 heavy (non-hydrogen) atoms. The van der Waals surface area contributed by atoms with E-state index in [-0.39, 0.29) is 30.6 Å². The van der Waals surface area contributed by atoms with Gasteiger partial charge in [-0.3, -0.25) is 4.79 Å². The first-order chi connectivity index (χ1) is 17.3. The molecule has 1 unspecified atom stereocenters. The van der Waals surface area contributed by atoms with Gasteiger partial charge in [0, 0.05) is 0 Å². The Bertz CT molecular complexity index is 1060. The number of amides is 1. The van der Waals surface area contributed by atoms with E-state index in [0.29, 0.717) is 34.6 Å². The first-order valence-electron chi connectivity index (χ1n) is 12.4. The molecule has 2 aromatic rings. The van der Waals surface area contributed by atoms with Crippen LogP contribution in [-0.4, -0.2) is 62.2 Å². The summed E-state index contributed by atoms with van der Waals surface area (Å²) in [7, 11) is 2.81. The number of nitrogens with one attached hydrogen (secondary N) is 1. The molecule has 1 saturated heterocycles. The van der Waals surface area contributed by atoms with Crippen molar-refractivity contribution in [2.45, 2.75) is 52.2 Å². The van der Waals surface area contributed by atoms with E-state index in [1.54, 1.807) is 19.1 Å². The van der Waals surface area contributed by atoms with Crippen molar-refractivity contribution < 1.29 is 33.1 Å². The number of ether oxygens (including phenoxy) is 3. The molecule has 0 aliphatic carbocycles. The summed E-state index contributed by atoms with van der Waals surface area (Å²) in [6.45, 7) is 5.38. The van der Waals surface area contributed by atoms with Gasteiger partial charge < -0.3 is 24.0 Å². The predicted octanol–water partition coefficient (Wildman–Crippen LogP) is 4.25. The molecular formula is C28H37N2O6+. The lowest BCUT2D eigenvalue weighted by atomic mass is 10.1. The van der Waals surface area contributed by atoms with Crippen LogP contribution < -0.4 is 10.1 Å². The third-order valence-electron chi connectivity index (χ3n) is 7.04. The van der Waals surface area contributed by atoms with Crippen LogP contribution in [0.3, 0.4) is 0 Å². The van der Waals surface area contributed by atoms with E-state index < -0.39 is 12.0 Å². The number of quaternary nitrogens is 1. The van der Waals surface area contributed by atoms with E-state index in [0.717, 1.165) is 31.2 Å². The first kappa shape index (κ1) is 27.2. The summed E-state index contributed by atoms with van der Waals surface area (Å²) in [5.41, 5.74) is 2.21. The molecule has 2 aromatic carbocycles. The lowest BCUT2D eigenvalue weighted by Crippen LogP contribution is -2.61. The molecule has 1 fully saturated rings. The van der Waals surface area contributed by atoms with Gasteiger partial charge in [0.2, 0.25) is 0 Å². The summed E-state index contributed by atoms with van der Waals surface area (Å²) in [4.78, 5) is 39.0. The molecular weight excluding hydrogens is 460 g/mol. The van der Waals surface area contributed by atoms with Gasteiger partial charge in [-0.15, -0.1) is 0 Å². The van der Waals surface area contributed by atoms with Crippen LogP contribution in [0.5, 0.6) is 5.75 Å². The number of esters is 2. The number of likely N-dealkylation sites (tertiary alicyclic amines) is 1. The number of benzene rings is 2. The van der Waals surface area contributed by atoms with Crippen LogP contribution in [-0.2, 0) is 25.7 Å². The minimum atomic E-state index is -0.567. The maximum absolute atomic E-state index is 13.6. The van der Waals surface area contributed by atoms with E-state index in [1.807, 2.05) is 37.3 Å². The number of carbonyl (C=O) groups is 3. The van der Waals surface area contributed by atoms with Gasteiger partial charge in [0.25, 0.3) is 5.91 Å². The molecule has 1 N–H and O–H groups in total. The monoisotopic (exact) mass is 497 g/mol. The first-order valence-corrected chi connectivity index (χ1v) is 12.4. The number of carbonyl (C=O) groups excluding carboxylic acids is 3. The molecule has 1 aliphatic rings. The van der Waals surface area contributed by atoms with E-state index in [9.17, 15) is 14.4 Å². The SMILES string of the molecule is COC(=O)c1cc(OC)cc(C)c1NC(=O)C(C)[N+]1(CC(=O)OCc2ccccc2)CCCCCC1. The van der Waals surface area contributed by atoms with E-state index >= 15 is 0 Å². The summed E-state index contributed by atoms with van der Waals surface area (Å²) in [6.07, 6.45) is 3.99. The fraction of sp³-hybridized carbons (Fsp3) is 0.464. The zero-order chi connectivity index (χ0) is 26.1. The molecule has 1 heterocycles. The molecule has 0 spiro atoms. The molecule has 1 atom stereocenters. The highest BCUT2D eigenvalue weighted by molar-refractivity contribution is 6.03. The molecule has 0 bridgehead atoms. The van der Waals surface area contributed by atoms with Crippen molar-refractivity contribution in [2.24, 2.45) is 0 Å². The minimum Gasteiger partial charge on any atom is -0.497 e. The molecule has 0 saturated carbocycles. The summed E-state index contributed by atoms with van der Waals surface area (Å²) in [6, 6.07) is 12.3. The average Bonchev–Trinajstić information content (AvgIpc) is 3.14. The van der Waals surface area contributed by atoms with Crippen LogP contribution in [0.2, 0.25) is 0 Å². The second kappa shape index (κ2) is 12.5. The lowest BCUT2D eigenvalue weighted by Gasteiger charge is -2.41. The minimum absolute atomic E-state index is 0.118. The Hall–Kier alpha value is -3.39. The number of methoxy groups -OCH3 is 2. The van der Waals surface area contributed by atoms with Gasteiger partial charge in [0.15, 0.2) is 12.6 Å². The van der Waals surface area contributed by atoms with Crippen molar-refractivity contribution in [3.05, 3.63) is 59.2 Å². The summed E-state index contributed by atoms with van der Waals surface area (Å²) in [5, 5.41) is 2.96. The number of rotatable bonds is 9. The number of nitrogens with zero attached hydrogens (tertiary/aromatic N) is 1. The van der Waals surface area contributed by atoms with Crippen molar-refractivity contribution in [3.63, 3.8) is 0 Å².